The van der Waals surface area contributed by atoms with Crippen LogP contribution in [-0.4, -0.2) is 34.5 Å². The summed E-state index contributed by atoms with van der Waals surface area (Å²) in [6.07, 6.45) is 2.03. The van der Waals surface area contributed by atoms with Gasteiger partial charge < -0.3 is 15.7 Å². The first-order valence-corrected chi connectivity index (χ1v) is 5.92. The lowest BCUT2D eigenvalue weighted by Gasteiger charge is -2.20. The average Bonchev–Trinajstić information content (AvgIpc) is 3.12. The summed E-state index contributed by atoms with van der Waals surface area (Å²) in [6.45, 7) is -0.210. The number of rotatable bonds is 5. The van der Waals surface area contributed by atoms with Gasteiger partial charge in [0.15, 0.2) is 0 Å². The first-order chi connectivity index (χ1) is 8.56. The standard InChI is InChI=1S/C13H16N2O3/c14-10-3-1-9(2-4-10)7-12(16)15(8-13(17)18)11-5-6-11/h1-4,11H,5-8,14H2,(H,17,18). The van der Waals surface area contributed by atoms with Crippen LogP contribution in [0, 0.1) is 0 Å². The Morgan fingerprint density at radius 1 is 1.28 bits per heavy atom. The van der Waals surface area contributed by atoms with Gasteiger partial charge >= 0.3 is 5.97 Å². The maximum absolute atomic E-state index is 12.0. The van der Waals surface area contributed by atoms with Crippen molar-refractivity contribution in [2.75, 3.05) is 12.3 Å². The minimum atomic E-state index is -0.965. The van der Waals surface area contributed by atoms with Gasteiger partial charge in [-0.25, -0.2) is 0 Å². The summed E-state index contributed by atoms with van der Waals surface area (Å²) in [7, 11) is 0. The van der Waals surface area contributed by atoms with Gasteiger partial charge in [-0.15, -0.1) is 0 Å². The van der Waals surface area contributed by atoms with E-state index >= 15 is 0 Å². The number of nitrogens with two attached hydrogens (primary N) is 1. The molecule has 0 aromatic heterocycles. The van der Waals surface area contributed by atoms with Crippen molar-refractivity contribution in [3.05, 3.63) is 29.8 Å². The van der Waals surface area contributed by atoms with Gasteiger partial charge in [-0.05, 0) is 30.5 Å². The number of carbonyl (C=O) groups excluding carboxylic acids is 1. The number of hydrogen-bond donors (Lipinski definition) is 2. The number of hydrogen-bond acceptors (Lipinski definition) is 3. The fourth-order valence-electron chi connectivity index (χ4n) is 1.86. The van der Waals surface area contributed by atoms with E-state index in [4.69, 9.17) is 10.8 Å². The van der Waals surface area contributed by atoms with Crippen LogP contribution in [0.2, 0.25) is 0 Å². The number of benzene rings is 1. The summed E-state index contributed by atoms with van der Waals surface area (Å²) in [5, 5.41) is 8.80. The lowest BCUT2D eigenvalue weighted by Crippen LogP contribution is -2.38. The van der Waals surface area contributed by atoms with E-state index in [9.17, 15) is 9.59 Å². The van der Waals surface area contributed by atoms with Gasteiger partial charge in [0.05, 0.1) is 6.42 Å². The molecule has 0 aliphatic heterocycles. The zero-order valence-corrected chi connectivity index (χ0v) is 10.0. The summed E-state index contributed by atoms with van der Waals surface area (Å²) in [5.41, 5.74) is 7.07. The Morgan fingerprint density at radius 3 is 2.39 bits per heavy atom. The topological polar surface area (TPSA) is 83.6 Å². The summed E-state index contributed by atoms with van der Waals surface area (Å²) >= 11 is 0. The van der Waals surface area contributed by atoms with Crippen molar-refractivity contribution in [3.63, 3.8) is 0 Å². The molecule has 2 rings (SSSR count). The van der Waals surface area contributed by atoms with Crippen molar-refractivity contribution in [1.82, 2.24) is 4.90 Å². The van der Waals surface area contributed by atoms with Crippen LogP contribution in [-0.2, 0) is 16.0 Å². The Morgan fingerprint density at radius 2 is 1.89 bits per heavy atom. The monoisotopic (exact) mass is 248 g/mol. The molecule has 1 aromatic carbocycles. The zero-order valence-electron chi connectivity index (χ0n) is 10.0. The molecule has 0 atom stereocenters. The van der Waals surface area contributed by atoms with Gasteiger partial charge in [-0.2, -0.15) is 0 Å². The number of carboxylic acids is 1. The van der Waals surface area contributed by atoms with Crippen molar-refractivity contribution < 1.29 is 14.7 Å². The maximum atomic E-state index is 12.0. The first-order valence-electron chi connectivity index (χ1n) is 5.92. The highest BCUT2D eigenvalue weighted by molar-refractivity contribution is 5.83. The third-order valence-corrected chi connectivity index (χ3v) is 2.95. The van der Waals surface area contributed by atoms with Crippen LogP contribution < -0.4 is 5.73 Å². The highest BCUT2D eigenvalue weighted by Gasteiger charge is 2.33. The molecule has 1 fully saturated rings. The average molecular weight is 248 g/mol. The van der Waals surface area contributed by atoms with Crippen LogP contribution in [0.15, 0.2) is 24.3 Å². The van der Waals surface area contributed by atoms with E-state index in [2.05, 4.69) is 0 Å². The number of anilines is 1. The third-order valence-electron chi connectivity index (χ3n) is 2.95. The van der Waals surface area contributed by atoms with Crippen molar-refractivity contribution in [3.8, 4) is 0 Å². The number of carbonyl (C=O) groups is 2. The third kappa shape index (κ3) is 3.23. The second kappa shape index (κ2) is 5.08. The molecule has 0 unspecified atom stereocenters. The SMILES string of the molecule is Nc1ccc(CC(=O)N(CC(=O)O)C2CC2)cc1. The Kier molecular flexibility index (Phi) is 3.50. The molecular weight excluding hydrogens is 232 g/mol. The Labute approximate surface area is 105 Å². The number of aliphatic carboxylic acids is 1. The number of nitrogens with zero attached hydrogens (tertiary/aromatic N) is 1. The zero-order chi connectivity index (χ0) is 13.1. The Balaban J connectivity index is 2.00. The molecule has 18 heavy (non-hydrogen) atoms. The van der Waals surface area contributed by atoms with Crippen molar-refractivity contribution >= 4 is 17.6 Å². The number of carboxylic acid groups (broad SMARTS) is 1. The lowest BCUT2D eigenvalue weighted by atomic mass is 10.1. The van der Waals surface area contributed by atoms with Crippen LogP contribution in [0.5, 0.6) is 0 Å². The summed E-state index contributed by atoms with van der Waals surface area (Å²) < 4.78 is 0. The Bertz CT molecular complexity index is 452. The molecule has 96 valence electrons. The maximum Gasteiger partial charge on any atom is 0.323 e. The molecule has 0 radical (unpaired) electrons. The second-order valence-electron chi connectivity index (χ2n) is 4.56. The molecule has 0 saturated heterocycles. The van der Waals surface area contributed by atoms with E-state index in [0.717, 1.165) is 18.4 Å². The Hall–Kier alpha value is -2.04. The number of nitrogen functional groups attached to an aromatic ring is 1. The molecule has 1 saturated carbocycles. The lowest BCUT2D eigenvalue weighted by molar-refractivity contribution is -0.144. The molecule has 1 aliphatic carbocycles. The molecule has 5 nitrogen and oxygen atoms in total. The predicted molar refractivity (Wildman–Crippen MR) is 66.9 cm³/mol. The molecule has 1 aromatic rings. The summed E-state index contributed by atoms with van der Waals surface area (Å²) in [6, 6.07) is 7.17. The molecule has 3 N–H and O–H groups in total. The van der Waals surface area contributed by atoms with E-state index in [0.29, 0.717) is 5.69 Å². The smallest absolute Gasteiger partial charge is 0.323 e. The van der Waals surface area contributed by atoms with Gasteiger partial charge in [-0.1, -0.05) is 12.1 Å². The van der Waals surface area contributed by atoms with Gasteiger partial charge in [0.25, 0.3) is 0 Å². The van der Waals surface area contributed by atoms with Crippen molar-refractivity contribution in [2.24, 2.45) is 0 Å². The minimum absolute atomic E-state index is 0.113. The predicted octanol–water partition coefficient (Wildman–Crippen LogP) is 0.887. The van der Waals surface area contributed by atoms with Crippen LogP contribution >= 0.6 is 0 Å². The van der Waals surface area contributed by atoms with Gasteiger partial charge in [-0.3, -0.25) is 9.59 Å². The summed E-state index contributed by atoms with van der Waals surface area (Å²) in [4.78, 5) is 24.2. The molecule has 1 aliphatic rings. The van der Waals surface area contributed by atoms with Crippen LogP contribution in [0.3, 0.4) is 0 Å². The van der Waals surface area contributed by atoms with Crippen molar-refractivity contribution in [2.45, 2.75) is 25.3 Å². The van der Waals surface area contributed by atoms with Gasteiger partial charge in [0.1, 0.15) is 6.54 Å². The highest BCUT2D eigenvalue weighted by Crippen LogP contribution is 2.27. The van der Waals surface area contributed by atoms with Crippen molar-refractivity contribution in [1.29, 1.82) is 0 Å². The molecule has 1 amide bonds. The fourth-order valence-corrected chi connectivity index (χ4v) is 1.86. The molecule has 5 heteroatoms. The van der Waals surface area contributed by atoms with Crippen LogP contribution in [0.4, 0.5) is 5.69 Å². The normalized spacial score (nSPS) is 14.2. The molecule has 0 heterocycles. The quantitative estimate of drug-likeness (QED) is 0.758. The van der Waals surface area contributed by atoms with Crippen LogP contribution in [0.1, 0.15) is 18.4 Å². The van der Waals surface area contributed by atoms with E-state index in [1.165, 1.54) is 4.90 Å². The largest absolute Gasteiger partial charge is 0.480 e. The van der Waals surface area contributed by atoms with E-state index in [1.54, 1.807) is 24.3 Å². The molecule has 0 spiro atoms. The van der Waals surface area contributed by atoms with E-state index < -0.39 is 5.97 Å². The van der Waals surface area contributed by atoms with Gasteiger partial charge in [0, 0.05) is 11.7 Å². The van der Waals surface area contributed by atoms with E-state index in [1.807, 2.05) is 0 Å². The second-order valence-corrected chi connectivity index (χ2v) is 4.56. The minimum Gasteiger partial charge on any atom is -0.480 e. The summed E-state index contributed by atoms with van der Waals surface area (Å²) in [5.74, 6) is -1.10. The fraction of sp³-hybridized carbons (Fsp3) is 0.385. The number of amides is 1. The molecule has 0 bridgehead atoms. The first kappa shape index (κ1) is 12.4. The molecular formula is C13H16N2O3. The van der Waals surface area contributed by atoms with Gasteiger partial charge in [0.2, 0.25) is 5.91 Å². The van der Waals surface area contributed by atoms with E-state index in [-0.39, 0.29) is 24.9 Å². The van der Waals surface area contributed by atoms with Crippen LogP contribution in [0.25, 0.3) is 0 Å². The highest BCUT2D eigenvalue weighted by atomic mass is 16.4.